The third-order valence-corrected chi connectivity index (χ3v) is 5.98. The molecule has 4 aromatic carbocycles. The lowest BCUT2D eigenvalue weighted by Gasteiger charge is -2.11. The van der Waals surface area contributed by atoms with E-state index >= 15 is 0 Å². The molecule has 1 amide bonds. The van der Waals surface area contributed by atoms with E-state index in [-0.39, 0.29) is 11.4 Å². The molecule has 0 radical (unpaired) electrons. The van der Waals surface area contributed by atoms with E-state index in [1.807, 2.05) is 31.2 Å². The molecular weight excluding hydrogens is 500 g/mol. The monoisotopic (exact) mass is 523 g/mol. The van der Waals surface area contributed by atoms with Crippen molar-refractivity contribution in [3.63, 3.8) is 0 Å². The minimum Gasteiger partial charge on any atom is -0.407 e. The van der Waals surface area contributed by atoms with Crippen molar-refractivity contribution in [2.75, 3.05) is 5.32 Å². The van der Waals surface area contributed by atoms with Crippen molar-refractivity contribution in [1.29, 1.82) is 0 Å². The van der Waals surface area contributed by atoms with Crippen LogP contribution in [0.4, 0.5) is 14.5 Å². The second-order valence-electron chi connectivity index (χ2n) is 8.92. The SMILES string of the molecule is CC(=O)Oc1c(-c2ccc(NC(=O)c3cccc(F)c3)cc2)c(-c2ccc(C)cc2)nn1-c1cccc(F)c1. The molecule has 0 aliphatic rings. The maximum Gasteiger partial charge on any atom is 0.309 e. The quantitative estimate of drug-likeness (QED) is 0.244. The van der Waals surface area contributed by atoms with Crippen LogP contribution in [-0.2, 0) is 4.79 Å². The van der Waals surface area contributed by atoms with Gasteiger partial charge in [0.25, 0.3) is 5.91 Å². The van der Waals surface area contributed by atoms with E-state index in [0.717, 1.165) is 17.2 Å². The van der Waals surface area contributed by atoms with E-state index in [1.54, 1.807) is 36.4 Å². The number of rotatable bonds is 6. The summed E-state index contributed by atoms with van der Waals surface area (Å²) in [5, 5.41) is 7.48. The van der Waals surface area contributed by atoms with Crippen LogP contribution in [0.1, 0.15) is 22.8 Å². The van der Waals surface area contributed by atoms with E-state index in [4.69, 9.17) is 9.84 Å². The number of hydrogen-bond donors (Lipinski definition) is 1. The maximum atomic E-state index is 14.1. The molecule has 5 rings (SSSR count). The van der Waals surface area contributed by atoms with Crippen molar-refractivity contribution in [1.82, 2.24) is 9.78 Å². The number of nitrogens with zero attached hydrogens (tertiary/aromatic N) is 2. The molecule has 0 saturated carbocycles. The summed E-state index contributed by atoms with van der Waals surface area (Å²) in [5.74, 6) is -1.87. The molecule has 5 aromatic rings. The molecule has 194 valence electrons. The highest BCUT2D eigenvalue weighted by Gasteiger charge is 2.25. The average Bonchev–Trinajstić information content (AvgIpc) is 3.28. The van der Waals surface area contributed by atoms with Gasteiger partial charge in [-0.05, 0) is 61.0 Å². The summed E-state index contributed by atoms with van der Waals surface area (Å²) in [5.41, 5.74) is 4.56. The van der Waals surface area contributed by atoms with Crippen molar-refractivity contribution in [2.45, 2.75) is 13.8 Å². The van der Waals surface area contributed by atoms with Crippen LogP contribution in [0.25, 0.3) is 28.1 Å². The predicted octanol–water partition coefficient (Wildman–Crippen LogP) is 6.97. The number of benzene rings is 4. The third-order valence-electron chi connectivity index (χ3n) is 5.98. The number of aryl methyl sites for hydroxylation is 1. The summed E-state index contributed by atoms with van der Waals surface area (Å²) in [4.78, 5) is 24.7. The summed E-state index contributed by atoms with van der Waals surface area (Å²) in [7, 11) is 0. The Bertz CT molecular complexity index is 1680. The molecule has 39 heavy (non-hydrogen) atoms. The second-order valence-corrected chi connectivity index (χ2v) is 8.92. The van der Waals surface area contributed by atoms with Crippen LogP contribution in [0.2, 0.25) is 0 Å². The number of ether oxygens (including phenoxy) is 1. The number of nitrogens with one attached hydrogen (secondary N) is 1. The number of carbonyl (C=O) groups is 2. The Balaban J connectivity index is 1.61. The molecule has 0 aliphatic carbocycles. The van der Waals surface area contributed by atoms with Crippen molar-refractivity contribution in [2.24, 2.45) is 0 Å². The number of carbonyl (C=O) groups excluding carboxylic acids is 2. The maximum absolute atomic E-state index is 14.1. The average molecular weight is 524 g/mol. The summed E-state index contributed by atoms with van der Waals surface area (Å²) in [6.07, 6.45) is 0. The fraction of sp³-hybridized carbons (Fsp3) is 0.0645. The van der Waals surface area contributed by atoms with Crippen molar-refractivity contribution in [3.8, 4) is 34.0 Å². The van der Waals surface area contributed by atoms with Gasteiger partial charge < -0.3 is 10.1 Å². The molecule has 0 fully saturated rings. The van der Waals surface area contributed by atoms with Gasteiger partial charge in [0.15, 0.2) is 0 Å². The zero-order valence-corrected chi connectivity index (χ0v) is 21.1. The first kappa shape index (κ1) is 25.5. The molecule has 0 atom stereocenters. The van der Waals surface area contributed by atoms with Crippen LogP contribution < -0.4 is 10.1 Å². The molecule has 0 spiro atoms. The first-order valence-electron chi connectivity index (χ1n) is 12.1. The molecule has 0 bridgehead atoms. The van der Waals surface area contributed by atoms with E-state index in [9.17, 15) is 18.4 Å². The first-order valence-corrected chi connectivity index (χ1v) is 12.1. The molecule has 6 nitrogen and oxygen atoms in total. The highest BCUT2D eigenvalue weighted by atomic mass is 19.1. The lowest BCUT2D eigenvalue weighted by atomic mass is 10.00. The van der Waals surface area contributed by atoms with Gasteiger partial charge in [-0.3, -0.25) is 9.59 Å². The van der Waals surface area contributed by atoms with Crippen molar-refractivity contribution < 1.29 is 23.1 Å². The number of hydrogen-bond acceptors (Lipinski definition) is 4. The molecular formula is C31H23F2N3O3. The topological polar surface area (TPSA) is 73.2 Å². The van der Waals surface area contributed by atoms with Crippen molar-refractivity contribution in [3.05, 3.63) is 120 Å². The molecule has 8 heteroatoms. The number of amides is 1. The Hall–Kier alpha value is -5.11. The van der Waals surface area contributed by atoms with E-state index < -0.39 is 23.5 Å². The van der Waals surface area contributed by atoms with Gasteiger partial charge in [-0.2, -0.15) is 9.78 Å². The van der Waals surface area contributed by atoms with Crippen LogP contribution in [0.5, 0.6) is 5.88 Å². The van der Waals surface area contributed by atoms with Gasteiger partial charge >= 0.3 is 5.97 Å². The Kier molecular flexibility index (Phi) is 7.01. The van der Waals surface area contributed by atoms with Gasteiger partial charge in [-0.25, -0.2) is 8.78 Å². The smallest absolute Gasteiger partial charge is 0.309 e. The van der Waals surface area contributed by atoms with Crippen molar-refractivity contribution >= 4 is 17.6 Å². The van der Waals surface area contributed by atoms with Gasteiger partial charge in [-0.1, -0.05) is 54.1 Å². The minimum absolute atomic E-state index is 0.125. The molecule has 0 saturated heterocycles. The lowest BCUT2D eigenvalue weighted by Crippen LogP contribution is -2.11. The van der Waals surface area contributed by atoms with Crippen LogP contribution in [0, 0.1) is 18.6 Å². The lowest BCUT2D eigenvalue weighted by molar-refractivity contribution is -0.132. The predicted molar refractivity (Wildman–Crippen MR) is 145 cm³/mol. The summed E-state index contributed by atoms with van der Waals surface area (Å²) in [6, 6.07) is 25.8. The Labute approximate surface area is 223 Å². The largest absolute Gasteiger partial charge is 0.407 e. The van der Waals surface area contributed by atoms with Crippen LogP contribution in [0.3, 0.4) is 0 Å². The number of anilines is 1. The summed E-state index contributed by atoms with van der Waals surface area (Å²) < 4.78 is 34.7. The Morgan fingerprint density at radius 1 is 0.821 bits per heavy atom. The van der Waals surface area contributed by atoms with Gasteiger partial charge in [0.05, 0.1) is 11.3 Å². The second kappa shape index (κ2) is 10.7. The van der Waals surface area contributed by atoms with E-state index in [2.05, 4.69) is 5.32 Å². The van der Waals surface area contributed by atoms with Crippen LogP contribution >= 0.6 is 0 Å². The number of aromatic nitrogens is 2. The zero-order valence-electron chi connectivity index (χ0n) is 21.1. The minimum atomic E-state index is -0.566. The van der Waals surface area contributed by atoms with Crippen LogP contribution in [-0.4, -0.2) is 21.7 Å². The summed E-state index contributed by atoms with van der Waals surface area (Å²) >= 11 is 0. The summed E-state index contributed by atoms with van der Waals surface area (Å²) in [6.45, 7) is 3.25. The fourth-order valence-corrected chi connectivity index (χ4v) is 4.14. The standard InChI is InChI=1S/C31H23F2N3O3/c1-19-9-11-22(12-10-19)29-28(31(39-20(2)37)36(35-29)27-8-4-7-25(33)18-27)21-13-15-26(16-14-21)34-30(38)23-5-3-6-24(32)17-23/h3-18H,1-2H3,(H,34,38). The molecule has 1 N–H and O–H groups in total. The fourth-order valence-electron chi connectivity index (χ4n) is 4.14. The van der Waals surface area contributed by atoms with Crippen LogP contribution in [0.15, 0.2) is 97.1 Å². The van der Waals surface area contributed by atoms with E-state index in [0.29, 0.717) is 28.2 Å². The van der Waals surface area contributed by atoms with E-state index in [1.165, 1.54) is 41.9 Å². The number of esters is 1. The Morgan fingerprint density at radius 3 is 2.10 bits per heavy atom. The Morgan fingerprint density at radius 2 is 1.46 bits per heavy atom. The molecule has 0 aliphatic heterocycles. The first-order chi connectivity index (χ1) is 18.8. The highest BCUT2D eigenvalue weighted by Crippen LogP contribution is 2.41. The highest BCUT2D eigenvalue weighted by molar-refractivity contribution is 6.04. The molecule has 1 aromatic heterocycles. The van der Waals surface area contributed by atoms with Gasteiger partial charge in [0.1, 0.15) is 17.3 Å². The normalized spacial score (nSPS) is 10.8. The van der Waals surface area contributed by atoms with Gasteiger partial charge in [0.2, 0.25) is 5.88 Å². The molecule has 0 unspecified atom stereocenters. The zero-order chi connectivity index (χ0) is 27.5. The van der Waals surface area contributed by atoms with Gasteiger partial charge in [-0.15, -0.1) is 0 Å². The molecule has 1 heterocycles. The number of halogens is 2. The third kappa shape index (κ3) is 5.60. The van der Waals surface area contributed by atoms with Gasteiger partial charge in [0, 0.05) is 23.7 Å².